The summed E-state index contributed by atoms with van der Waals surface area (Å²) < 4.78 is 19.9. The van der Waals surface area contributed by atoms with E-state index in [1.807, 2.05) is 13.8 Å². The van der Waals surface area contributed by atoms with Crippen molar-refractivity contribution in [2.75, 3.05) is 6.61 Å². The zero-order chi connectivity index (χ0) is 11.8. The van der Waals surface area contributed by atoms with Crippen molar-refractivity contribution in [2.24, 2.45) is 4.99 Å². The Morgan fingerprint density at radius 1 is 1.56 bits per heavy atom. The van der Waals surface area contributed by atoms with Gasteiger partial charge >= 0.3 is 7.48 Å². The van der Waals surface area contributed by atoms with Crippen LogP contribution in [0.5, 0.6) is 0 Å². The second-order valence-electron chi connectivity index (χ2n) is 4.90. The van der Waals surface area contributed by atoms with Crippen LogP contribution in [0.25, 0.3) is 0 Å². The molecule has 0 spiro atoms. The van der Waals surface area contributed by atoms with Gasteiger partial charge < -0.3 is 9.76 Å². The molecule has 86 valence electrons. The van der Waals surface area contributed by atoms with Crippen LogP contribution >= 0.6 is 0 Å². The molecule has 0 fully saturated rings. The molecular formula is C11H15BFNO2. The van der Waals surface area contributed by atoms with E-state index < -0.39 is 5.67 Å². The minimum absolute atomic E-state index is 0.120. The molecule has 1 aliphatic carbocycles. The van der Waals surface area contributed by atoms with Crippen molar-refractivity contribution in [1.29, 1.82) is 0 Å². The van der Waals surface area contributed by atoms with Crippen molar-refractivity contribution in [3.8, 4) is 0 Å². The molecule has 1 aliphatic heterocycles. The molecule has 1 N–H and O–H groups in total. The van der Waals surface area contributed by atoms with E-state index in [0.717, 1.165) is 0 Å². The summed E-state index contributed by atoms with van der Waals surface area (Å²) in [4.78, 5) is 4.24. The molecule has 0 aromatic carbocycles. The molecule has 0 aromatic heterocycles. The second kappa shape index (κ2) is 3.73. The number of hydrogen-bond acceptors (Lipinski definition) is 3. The molecule has 1 heterocycles. The summed E-state index contributed by atoms with van der Waals surface area (Å²) in [6, 6.07) is 0. The Bertz CT molecular complexity index is 389. The van der Waals surface area contributed by atoms with Crippen molar-refractivity contribution < 1.29 is 14.2 Å². The zero-order valence-corrected chi connectivity index (χ0v) is 9.53. The minimum atomic E-state index is -1.69. The molecule has 3 nitrogen and oxygen atoms in total. The Morgan fingerprint density at radius 3 is 2.88 bits per heavy atom. The van der Waals surface area contributed by atoms with Gasteiger partial charge in [0.15, 0.2) is 0 Å². The van der Waals surface area contributed by atoms with Crippen LogP contribution < -0.4 is 0 Å². The Labute approximate surface area is 95.0 Å². The number of nitrogens with zero attached hydrogens (tertiary/aromatic N) is 1. The maximum absolute atomic E-state index is 14.6. The molecular weight excluding hydrogens is 208 g/mol. The van der Waals surface area contributed by atoms with Gasteiger partial charge in [-0.15, -0.1) is 0 Å². The van der Waals surface area contributed by atoms with Crippen LogP contribution in [0.2, 0.25) is 0 Å². The summed E-state index contributed by atoms with van der Waals surface area (Å²) in [5.41, 5.74) is -1.40. The van der Waals surface area contributed by atoms with E-state index in [1.165, 1.54) is 6.08 Å². The van der Waals surface area contributed by atoms with Crippen molar-refractivity contribution in [3.63, 3.8) is 0 Å². The molecule has 0 aromatic rings. The summed E-state index contributed by atoms with van der Waals surface area (Å²) in [6.45, 7) is 4.21. The lowest BCUT2D eigenvalue weighted by molar-refractivity contribution is 0.221. The van der Waals surface area contributed by atoms with Gasteiger partial charge in [0.1, 0.15) is 6.61 Å². The van der Waals surface area contributed by atoms with Gasteiger partial charge in [-0.3, -0.25) is 0 Å². The highest BCUT2D eigenvalue weighted by Crippen LogP contribution is 2.33. The van der Waals surface area contributed by atoms with E-state index in [0.29, 0.717) is 12.1 Å². The quantitative estimate of drug-likeness (QED) is 0.712. The highest BCUT2D eigenvalue weighted by Gasteiger charge is 2.42. The van der Waals surface area contributed by atoms with Crippen LogP contribution in [-0.4, -0.2) is 36.2 Å². The Balaban J connectivity index is 2.23. The lowest BCUT2D eigenvalue weighted by atomic mass is 9.77. The Kier molecular flexibility index (Phi) is 2.66. The second-order valence-corrected chi connectivity index (χ2v) is 4.90. The highest BCUT2D eigenvalue weighted by atomic mass is 19.1. The van der Waals surface area contributed by atoms with Crippen molar-refractivity contribution in [2.45, 2.75) is 31.5 Å². The smallest absolute Gasteiger partial charge is 0.300 e. The van der Waals surface area contributed by atoms with Crippen molar-refractivity contribution in [1.82, 2.24) is 0 Å². The molecule has 5 heteroatoms. The number of halogens is 1. The fraction of sp³-hybridized carbons (Fsp3) is 0.545. The molecule has 2 rings (SSSR count). The van der Waals surface area contributed by atoms with Gasteiger partial charge in [-0.05, 0) is 19.9 Å². The van der Waals surface area contributed by atoms with Gasteiger partial charge in [-0.1, -0.05) is 17.6 Å². The molecule has 0 amide bonds. The fourth-order valence-electron chi connectivity index (χ4n) is 1.84. The molecule has 0 saturated carbocycles. The predicted octanol–water partition coefficient (Wildman–Crippen LogP) is 1.09. The normalized spacial score (nSPS) is 31.8. The van der Waals surface area contributed by atoms with Crippen LogP contribution in [0.3, 0.4) is 0 Å². The summed E-state index contributed by atoms with van der Waals surface area (Å²) in [6.07, 6.45) is 4.88. The molecule has 1 atom stereocenters. The largest absolute Gasteiger partial charge is 0.476 e. The van der Waals surface area contributed by atoms with Crippen molar-refractivity contribution >= 4 is 13.4 Å². The van der Waals surface area contributed by atoms with E-state index in [-0.39, 0.29) is 25.3 Å². The van der Waals surface area contributed by atoms with Crippen LogP contribution in [0.4, 0.5) is 4.39 Å². The van der Waals surface area contributed by atoms with Gasteiger partial charge in [0.2, 0.25) is 11.6 Å². The molecule has 0 bridgehead atoms. The maximum atomic E-state index is 14.6. The third-order valence-electron chi connectivity index (χ3n) is 2.70. The predicted molar refractivity (Wildman–Crippen MR) is 62.5 cm³/mol. The van der Waals surface area contributed by atoms with Crippen LogP contribution in [0.1, 0.15) is 20.3 Å². The molecule has 1 unspecified atom stereocenters. The molecule has 0 radical (unpaired) electrons. The first-order chi connectivity index (χ1) is 7.45. The fourth-order valence-corrected chi connectivity index (χ4v) is 1.84. The molecule has 16 heavy (non-hydrogen) atoms. The lowest BCUT2D eigenvalue weighted by Crippen LogP contribution is -2.34. The van der Waals surface area contributed by atoms with E-state index >= 15 is 0 Å². The average Bonchev–Trinajstić information content (AvgIpc) is 2.59. The maximum Gasteiger partial charge on any atom is 0.300 e. The summed E-state index contributed by atoms with van der Waals surface area (Å²) in [5, 5.41) is 9.02. The SMILES string of the molecule is CC1(C)COC(C2(F)C=CC=C(BO)C2)=N1. The topological polar surface area (TPSA) is 41.8 Å². The van der Waals surface area contributed by atoms with Crippen LogP contribution in [0, 0.1) is 0 Å². The number of aliphatic imine (C=N–C) groups is 1. The summed E-state index contributed by atoms with van der Waals surface area (Å²) in [5.74, 6) is 0.132. The highest BCUT2D eigenvalue weighted by molar-refractivity contribution is 6.36. The molecule has 2 aliphatic rings. The first kappa shape index (κ1) is 11.4. The zero-order valence-electron chi connectivity index (χ0n) is 9.53. The lowest BCUT2D eigenvalue weighted by Gasteiger charge is -2.24. The third kappa shape index (κ3) is 2.05. The van der Waals surface area contributed by atoms with Crippen LogP contribution in [-0.2, 0) is 4.74 Å². The van der Waals surface area contributed by atoms with Crippen LogP contribution in [0.15, 0.2) is 28.7 Å². The standard InChI is InChI=1S/C11H15BFNO2/c1-10(2)7-16-9(14-10)11(13)5-3-4-8(6-11)12-15/h3-5,12,15H,6-7H2,1-2H3. The Morgan fingerprint density at radius 2 is 2.31 bits per heavy atom. The van der Waals surface area contributed by atoms with E-state index in [4.69, 9.17) is 9.76 Å². The monoisotopic (exact) mass is 223 g/mol. The number of hydrogen-bond donors (Lipinski definition) is 1. The Hall–Kier alpha value is -1.10. The number of allylic oxidation sites excluding steroid dienone is 3. The van der Waals surface area contributed by atoms with E-state index in [1.54, 1.807) is 12.2 Å². The average molecular weight is 223 g/mol. The van der Waals surface area contributed by atoms with Crippen molar-refractivity contribution in [3.05, 3.63) is 23.7 Å². The minimum Gasteiger partial charge on any atom is -0.476 e. The van der Waals surface area contributed by atoms with Gasteiger partial charge in [-0.25, -0.2) is 9.38 Å². The number of alkyl halides is 1. The van der Waals surface area contributed by atoms with Gasteiger partial charge in [-0.2, -0.15) is 0 Å². The first-order valence-corrected chi connectivity index (χ1v) is 5.35. The number of ether oxygens (including phenoxy) is 1. The third-order valence-corrected chi connectivity index (χ3v) is 2.70. The molecule has 0 saturated heterocycles. The summed E-state index contributed by atoms with van der Waals surface area (Å²) in [7, 11) is -0.132. The first-order valence-electron chi connectivity index (χ1n) is 5.35. The van der Waals surface area contributed by atoms with Gasteiger partial charge in [0.05, 0.1) is 5.54 Å². The summed E-state index contributed by atoms with van der Waals surface area (Å²) >= 11 is 0. The van der Waals surface area contributed by atoms with E-state index in [2.05, 4.69) is 4.99 Å². The van der Waals surface area contributed by atoms with Gasteiger partial charge in [0.25, 0.3) is 0 Å². The number of rotatable bonds is 2. The van der Waals surface area contributed by atoms with E-state index in [9.17, 15) is 4.39 Å². The van der Waals surface area contributed by atoms with Gasteiger partial charge in [0, 0.05) is 6.42 Å².